The van der Waals surface area contributed by atoms with Gasteiger partial charge in [-0.05, 0) is 57.4 Å². The maximum atomic E-state index is 12.1. The van der Waals surface area contributed by atoms with Gasteiger partial charge in [0.2, 0.25) is 0 Å². The third-order valence-electron chi connectivity index (χ3n) is 3.45. The first kappa shape index (κ1) is 14.4. The van der Waals surface area contributed by atoms with Crippen molar-refractivity contribution in [2.24, 2.45) is 5.92 Å². The number of piperidine rings is 1. The molecule has 2 heterocycles. The van der Waals surface area contributed by atoms with Crippen LogP contribution in [0.1, 0.15) is 38.5 Å². The number of hydrogen-bond donors (Lipinski definition) is 1. The quantitative estimate of drug-likeness (QED) is 0.883. The SMILES string of the molecule is CC(C)(C)NC(=O)N1CCC(Cc2cccs2)CC1. The van der Waals surface area contributed by atoms with Crippen molar-refractivity contribution in [3.63, 3.8) is 0 Å². The summed E-state index contributed by atoms with van der Waals surface area (Å²) in [5, 5.41) is 5.18. The number of thiophene rings is 1. The van der Waals surface area contributed by atoms with Gasteiger partial charge in [0, 0.05) is 23.5 Å². The highest BCUT2D eigenvalue weighted by molar-refractivity contribution is 7.09. The normalized spacial score (nSPS) is 17.5. The summed E-state index contributed by atoms with van der Waals surface area (Å²) in [6.45, 7) is 7.84. The van der Waals surface area contributed by atoms with Gasteiger partial charge in [-0.2, -0.15) is 0 Å². The molecule has 1 N–H and O–H groups in total. The first-order chi connectivity index (χ1) is 8.94. The van der Waals surface area contributed by atoms with E-state index in [9.17, 15) is 4.79 Å². The third-order valence-corrected chi connectivity index (χ3v) is 4.35. The van der Waals surface area contributed by atoms with Gasteiger partial charge in [0.25, 0.3) is 0 Å². The van der Waals surface area contributed by atoms with Gasteiger partial charge in [-0.15, -0.1) is 11.3 Å². The Balaban J connectivity index is 1.77. The molecule has 0 atom stereocenters. The Hall–Kier alpha value is -1.03. The van der Waals surface area contributed by atoms with E-state index in [0.717, 1.165) is 31.8 Å². The first-order valence-electron chi connectivity index (χ1n) is 7.03. The van der Waals surface area contributed by atoms with Gasteiger partial charge in [-0.1, -0.05) is 6.07 Å². The van der Waals surface area contributed by atoms with Crippen LogP contribution in [0.25, 0.3) is 0 Å². The molecule has 0 aromatic carbocycles. The lowest BCUT2D eigenvalue weighted by molar-refractivity contribution is 0.163. The zero-order valence-electron chi connectivity index (χ0n) is 12.1. The van der Waals surface area contributed by atoms with Crippen molar-refractivity contribution < 1.29 is 4.79 Å². The lowest BCUT2D eigenvalue weighted by atomic mass is 9.93. The molecular formula is C15H24N2OS. The molecule has 4 heteroatoms. The molecule has 0 unspecified atom stereocenters. The molecule has 3 nitrogen and oxygen atoms in total. The first-order valence-corrected chi connectivity index (χ1v) is 7.91. The zero-order valence-corrected chi connectivity index (χ0v) is 12.9. The number of likely N-dealkylation sites (tertiary alicyclic amines) is 1. The number of nitrogens with one attached hydrogen (secondary N) is 1. The second-order valence-electron chi connectivity index (χ2n) is 6.39. The largest absolute Gasteiger partial charge is 0.333 e. The van der Waals surface area contributed by atoms with Gasteiger partial charge in [0.05, 0.1) is 0 Å². The van der Waals surface area contributed by atoms with E-state index in [2.05, 4.69) is 22.8 Å². The maximum absolute atomic E-state index is 12.1. The molecule has 0 radical (unpaired) electrons. The van der Waals surface area contributed by atoms with Crippen molar-refractivity contribution in [1.82, 2.24) is 10.2 Å². The molecule has 0 aliphatic carbocycles. The van der Waals surface area contributed by atoms with Crippen LogP contribution in [0, 0.1) is 5.92 Å². The minimum atomic E-state index is -0.148. The summed E-state index contributed by atoms with van der Waals surface area (Å²) in [7, 11) is 0. The summed E-state index contributed by atoms with van der Waals surface area (Å²) < 4.78 is 0. The Kier molecular flexibility index (Phi) is 4.50. The molecule has 1 aromatic rings. The Labute approximate surface area is 120 Å². The Bertz CT molecular complexity index is 400. The number of amides is 2. The van der Waals surface area contributed by atoms with Gasteiger partial charge in [-0.3, -0.25) is 0 Å². The highest BCUT2D eigenvalue weighted by atomic mass is 32.1. The molecule has 0 spiro atoms. The van der Waals surface area contributed by atoms with E-state index in [1.807, 2.05) is 37.0 Å². The minimum Gasteiger partial charge on any atom is -0.333 e. The molecule has 19 heavy (non-hydrogen) atoms. The average molecular weight is 280 g/mol. The molecule has 0 saturated carbocycles. The molecule has 1 aromatic heterocycles. The van der Waals surface area contributed by atoms with E-state index in [1.54, 1.807) is 0 Å². The minimum absolute atomic E-state index is 0.0853. The summed E-state index contributed by atoms with van der Waals surface area (Å²) in [5.41, 5.74) is -0.148. The number of carbonyl (C=O) groups excluding carboxylic acids is 1. The Morgan fingerprint density at radius 1 is 1.42 bits per heavy atom. The predicted molar refractivity (Wildman–Crippen MR) is 80.6 cm³/mol. The molecule has 106 valence electrons. The summed E-state index contributed by atoms with van der Waals surface area (Å²) >= 11 is 1.84. The summed E-state index contributed by atoms with van der Waals surface area (Å²) in [6, 6.07) is 4.41. The van der Waals surface area contributed by atoms with Crippen molar-refractivity contribution in [2.45, 2.75) is 45.6 Å². The second-order valence-corrected chi connectivity index (χ2v) is 7.43. The Morgan fingerprint density at radius 3 is 2.63 bits per heavy atom. The fourth-order valence-corrected chi connectivity index (χ4v) is 3.27. The number of rotatable bonds is 2. The third kappa shape index (κ3) is 4.53. The van der Waals surface area contributed by atoms with Crippen LogP contribution in [0.4, 0.5) is 4.79 Å². The van der Waals surface area contributed by atoms with Crippen LogP contribution in [0.5, 0.6) is 0 Å². The topological polar surface area (TPSA) is 32.3 Å². The molecule has 1 aliphatic heterocycles. The van der Waals surface area contributed by atoms with Gasteiger partial charge < -0.3 is 10.2 Å². The molecule has 1 saturated heterocycles. The summed E-state index contributed by atoms with van der Waals surface area (Å²) in [6.07, 6.45) is 3.41. The van der Waals surface area contributed by atoms with Crippen molar-refractivity contribution in [1.29, 1.82) is 0 Å². The number of urea groups is 1. The molecular weight excluding hydrogens is 256 g/mol. The van der Waals surface area contributed by atoms with Gasteiger partial charge in [-0.25, -0.2) is 4.79 Å². The summed E-state index contributed by atoms with van der Waals surface area (Å²) in [5.74, 6) is 0.734. The van der Waals surface area contributed by atoms with Crippen LogP contribution in [-0.2, 0) is 6.42 Å². The van der Waals surface area contributed by atoms with Crippen molar-refractivity contribution in [3.8, 4) is 0 Å². The van der Waals surface area contributed by atoms with E-state index in [-0.39, 0.29) is 11.6 Å². The van der Waals surface area contributed by atoms with Gasteiger partial charge in [0.15, 0.2) is 0 Å². The van der Waals surface area contributed by atoms with Crippen molar-refractivity contribution >= 4 is 17.4 Å². The van der Waals surface area contributed by atoms with Crippen LogP contribution in [0.3, 0.4) is 0 Å². The monoisotopic (exact) mass is 280 g/mol. The van der Waals surface area contributed by atoms with Crippen LogP contribution in [-0.4, -0.2) is 29.6 Å². The number of carbonyl (C=O) groups is 1. The number of nitrogens with zero attached hydrogens (tertiary/aromatic N) is 1. The van der Waals surface area contributed by atoms with Crippen LogP contribution in [0.15, 0.2) is 17.5 Å². The lowest BCUT2D eigenvalue weighted by Gasteiger charge is -2.34. The fraction of sp³-hybridized carbons (Fsp3) is 0.667. The van der Waals surface area contributed by atoms with Gasteiger partial charge >= 0.3 is 6.03 Å². The van der Waals surface area contributed by atoms with Crippen LogP contribution < -0.4 is 5.32 Å². The highest BCUT2D eigenvalue weighted by Crippen LogP contribution is 2.24. The van der Waals surface area contributed by atoms with Crippen LogP contribution >= 0.6 is 11.3 Å². The standard InChI is InChI=1S/C15H24N2OS/c1-15(2,3)16-14(18)17-8-6-12(7-9-17)11-13-5-4-10-19-13/h4-5,10,12H,6-9,11H2,1-3H3,(H,16,18). The highest BCUT2D eigenvalue weighted by Gasteiger charge is 2.25. The lowest BCUT2D eigenvalue weighted by Crippen LogP contribution is -2.50. The van der Waals surface area contributed by atoms with Crippen LogP contribution in [0.2, 0.25) is 0 Å². The molecule has 1 aliphatic rings. The van der Waals surface area contributed by atoms with E-state index in [1.165, 1.54) is 11.3 Å². The molecule has 1 fully saturated rings. The number of hydrogen-bond acceptors (Lipinski definition) is 2. The fourth-order valence-electron chi connectivity index (χ4n) is 2.45. The Morgan fingerprint density at radius 2 is 2.11 bits per heavy atom. The summed E-state index contributed by atoms with van der Waals surface area (Å²) in [4.78, 5) is 15.5. The maximum Gasteiger partial charge on any atom is 0.317 e. The molecule has 2 rings (SSSR count). The average Bonchev–Trinajstić information content (AvgIpc) is 2.80. The predicted octanol–water partition coefficient (Wildman–Crippen LogP) is 3.51. The van der Waals surface area contributed by atoms with E-state index < -0.39 is 0 Å². The van der Waals surface area contributed by atoms with E-state index >= 15 is 0 Å². The van der Waals surface area contributed by atoms with Crippen molar-refractivity contribution in [2.75, 3.05) is 13.1 Å². The second kappa shape index (κ2) is 5.95. The van der Waals surface area contributed by atoms with Crippen molar-refractivity contribution in [3.05, 3.63) is 22.4 Å². The van der Waals surface area contributed by atoms with E-state index in [4.69, 9.17) is 0 Å². The molecule has 2 amide bonds. The molecule has 0 bridgehead atoms. The zero-order chi connectivity index (χ0) is 13.9. The van der Waals surface area contributed by atoms with Gasteiger partial charge in [0.1, 0.15) is 0 Å². The smallest absolute Gasteiger partial charge is 0.317 e. The van der Waals surface area contributed by atoms with E-state index in [0.29, 0.717) is 0 Å².